The largest absolute Gasteiger partial charge is 1.00 e. The van der Waals surface area contributed by atoms with E-state index in [1.807, 2.05) is 0 Å². The molecule has 0 N–H and O–H groups in total. The van der Waals surface area contributed by atoms with Crippen LogP contribution < -0.4 is 58.2 Å². The number of nitro groups is 1. The van der Waals surface area contributed by atoms with Crippen LogP contribution in [0.3, 0.4) is 0 Å². The number of rotatable bonds is 1. The third kappa shape index (κ3) is 3.20. The molecule has 1 aromatic rings. The zero-order valence-corrected chi connectivity index (χ0v) is 12.1. The molecule has 0 fully saturated rings. The molecule has 0 amide bonds. The first kappa shape index (κ1) is 12.8. The summed E-state index contributed by atoms with van der Waals surface area (Å²) in [6, 6.07) is 3.98. The number of benzene rings is 1. The number of hydrogen-bond donors (Lipinski definition) is 0. The summed E-state index contributed by atoms with van der Waals surface area (Å²) < 4.78 is 0. The van der Waals surface area contributed by atoms with Gasteiger partial charge in [-0.3, -0.25) is 10.1 Å². The molecule has 0 aliphatic rings. The molecule has 0 spiro atoms. The monoisotopic (exact) mass is 246 g/mol. The van der Waals surface area contributed by atoms with Crippen molar-refractivity contribution in [1.82, 2.24) is 0 Å². The van der Waals surface area contributed by atoms with Crippen molar-refractivity contribution in [3.05, 3.63) is 52.2 Å². The minimum absolute atomic E-state index is 0. The molecule has 4 nitrogen and oxygen atoms in total. The van der Waals surface area contributed by atoms with Crippen LogP contribution in [0, 0.1) is 23.6 Å². The van der Waals surface area contributed by atoms with Crippen molar-refractivity contribution in [3.63, 3.8) is 0 Å². The standard InChI is InChI=1S/C8H5N2O2.Rb/c1-6-5-7(10(11)12)3-4-8(6)9-2;/h3-5H,1H2;/q-1;+1. The number of nitrogens with zero attached hydrogens (tertiary/aromatic N) is 2. The Morgan fingerprint density at radius 3 is 2.54 bits per heavy atom. The number of non-ortho nitro benzene ring substituents is 1. The Labute approximate surface area is 125 Å². The van der Waals surface area contributed by atoms with Crippen LogP contribution in [0.15, 0.2) is 18.2 Å². The van der Waals surface area contributed by atoms with Gasteiger partial charge in [-0.25, -0.2) is 4.85 Å². The quantitative estimate of drug-likeness (QED) is 0.375. The summed E-state index contributed by atoms with van der Waals surface area (Å²) in [6.45, 7) is 10.2. The van der Waals surface area contributed by atoms with Crippen LogP contribution in [0.1, 0.15) is 5.56 Å². The van der Waals surface area contributed by atoms with Crippen LogP contribution in [0.2, 0.25) is 0 Å². The summed E-state index contributed by atoms with van der Waals surface area (Å²) in [5.41, 5.74) is 0.701. The molecule has 0 unspecified atom stereocenters. The molecule has 60 valence electrons. The molecule has 0 saturated carbocycles. The van der Waals surface area contributed by atoms with E-state index in [9.17, 15) is 10.1 Å². The normalized spacial score (nSPS) is 8.23. The predicted octanol–water partition coefficient (Wildman–Crippen LogP) is -0.668. The molecular formula is C8H5N2O2Rb. The second-order valence-corrected chi connectivity index (χ2v) is 2.18. The van der Waals surface area contributed by atoms with Crippen molar-refractivity contribution < 1.29 is 63.1 Å². The summed E-state index contributed by atoms with van der Waals surface area (Å²) in [6.07, 6.45) is 0. The number of nitro benzene ring substituents is 1. The average molecular weight is 247 g/mol. The summed E-state index contributed by atoms with van der Waals surface area (Å²) in [7, 11) is 0. The second-order valence-electron chi connectivity index (χ2n) is 2.18. The van der Waals surface area contributed by atoms with E-state index in [0.717, 1.165) is 0 Å². The summed E-state index contributed by atoms with van der Waals surface area (Å²) in [4.78, 5) is 12.9. The van der Waals surface area contributed by atoms with Gasteiger partial charge in [0.25, 0.3) is 0 Å². The third-order valence-electron chi connectivity index (χ3n) is 1.39. The van der Waals surface area contributed by atoms with Gasteiger partial charge in [-0.1, -0.05) is 6.07 Å². The Morgan fingerprint density at radius 2 is 2.15 bits per heavy atom. The molecule has 0 aliphatic heterocycles. The minimum Gasteiger partial charge on any atom is -0.259 e. The molecule has 5 heteroatoms. The summed E-state index contributed by atoms with van der Waals surface area (Å²) in [5.74, 6) is 0. The molecular weight excluding hydrogens is 242 g/mol. The fourth-order valence-corrected chi connectivity index (χ4v) is 0.795. The fourth-order valence-electron chi connectivity index (χ4n) is 0.795. The Morgan fingerprint density at radius 1 is 1.54 bits per heavy atom. The number of hydrogen-bond acceptors (Lipinski definition) is 2. The van der Waals surface area contributed by atoms with Crippen molar-refractivity contribution in [2.75, 3.05) is 0 Å². The van der Waals surface area contributed by atoms with Gasteiger partial charge in [0.05, 0.1) is 0 Å². The molecule has 0 bridgehead atoms. The molecule has 1 rings (SSSR count). The summed E-state index contributed by atoms with van der Waals surface area (Å²) >= 11 is 0. The van der Waals surface area contributed by atoms with Gasteiger partial charge in [0.15, 0.2) is 0 Å². The van der Waals surface area contributed by atoms with Crippen LogP contribution in [0.5, 0.6) is 0 Å². The van der Waals surface area contributed by atoms with Crippen molar-refractivity contribution >= 4 is 11.4 Å². The van der Waals surface area contributed by atoms with Crippen LogP contribution in [-0.2, 0) is 0 Å². The zero-order chi connectivity index (χ0) is 9.14. The third-order valence-corrected chi connectivity index (χ3v) is 1.39. The molecule has 0 radical (unpaired) electrons. The van der Waals surface area contributed by atoms with Crippen LogP contribution in [-0.4, -0.2) is 4.92 Å². The van der Waals surface area contributed by atoms with Gasteiger partial charge >= 0.3 is 58.2 Å². The van der Waals surface area contributed by atoms with Gasteiger partial charge in [0, 0.05) is 4.92 Å². The van der Waals surface area contributed by atoms with Crippen molar-refractivity contribution in [1.29, 1.82) is 0 Å². The van der Waals surface area contributed by atoms with Crippen molar-refractivity contribution in [2.24, 2.45) is 0 Å². The first-order valence-electron chi connectivity index (χ1n) is 3.13. The van der Waals surface area contributed by atoms with Crippen LogP contribution in [0.25, 0.3) is 4.85 Å². The maximum atomic E-state index is 10.3. The van der Waals surface area contributed by atoms with E-state index in [1.54, 1.807) is 0 Å². The van der Waals surface area contributed by atoms with E-state index in [1.165, 1.54) is 18.2 Å². The first-order valence-corrected chi connectivity index (χ1v) is 3.13. The second kappa shape index (κ2) is 5.50. The van der Waals surface area contributed by atoms with Gasteiger partial charge in [-0.05, 0) is 12.1 Å². The van der Waals surface area contributed by atoms with Crippen molar-refractivity contribution in [3.8, 4) is 0 Å². The molecule has 1 aromatic carbocycles. The van der Waals surface area contributed by atoms with Gasteiger partial charge in [0.1, 0.15) is 6.57 Å². The Bertz CT molecular complexity index is 371. The molecule has 13 heavy (non-hydrogen) atoms. The van der Waals surface area contributed by atoms with E-state index in [0.29, 0.717) is 11.3 Å². The van der Waals surface area contributed by atoms with Gasteiger partial charge in [0.2, 0.25) is 11.4 Å². The topological polar surface area (TPSA) is 47.5 Å². The van der Waals surface area contributed by atoms with E-state index in [-0.39, 0.29) is 63.9 Å². The minimum atomic E-state index is -0.512. The molecule has 0 heterocycles. The molecule has 0 saturated heterocycles. The van der Waals surface area contributed by atoms with Gasteiger partial charge in [-0.15, -0.1) is 5.56 Å². The fraction of sp³-hybridized carbons (Fsp3) is 0. The smallest absolute Gasteiger partial charge is 0.259 e. The Hall–Kier alpha value is -0.215. The predicted molar refractivity (Wildman–Crippen MR) is 43.8 cm³/mol. The SMILES string of the molecule is [C-]#[N+]c1ccc([N+](=O)[O-])cc1[CH2-].[Rb+]. The zero-order valence-electron chi connectivity index (χ0n) is 7.15. The molecule has 0 atom stereocenters. The van der Waals surface area contributed by atoms with E-state index in [4.69, 9.17) is 6.57 Å². The van der Waals surface area contributed by atoms with Crippen LogP contribution >= 0.6 is 0 Å². The average Bonchev–Trinajstić information content (AvgIpc) is 2.04. The van der Waals surface area contributed by atoms with E-state index in [2.05, 4.69) is 11.8 Å². The van der Waals surface area contributed by atoms with E-state index >= 15 is 0 Å². The van der Waals surface area contributed by atoms with E-state index < -0.39 is 4.92 Å². The van der Waals surface area contributed by atoms with Gasteiger partial charge < -0.3 is 0 Å². The Kier molecular flexibility index (Phi) is 5.41. The Balaban J connectivity index is 0.00000144. The molecule has 0 aliphatic carbocycles. The van der Waals surface area contributed by atoms with Crippen LogP contribution in [0.4, 0.5) is 11.4 Å². The first-order chi connectivity index (χ1) is 5.65. The maximum Gasteiger partial charge on any atom is 1.00 e. The van der Waals surface area contributed by atoms with Crippen molar-refractivity contribution in [2.45, 2.75) is 0 Å². The maximum absolute atomic E-state index is 10.3. The summed E-state index contributed by atoms with van der Waals surface area (Å²) in [5, 5.41) is 10.3. The van der Waals surface area contributed by atoms with Gasteiger partial charge in [-0.2, -0.15) is 6.92 Å². The molecule has 0 aromatic heterocycles.